The monoisotopic (exact) mass is 386 g/mol. The third kappa shape index (κ3) is 6.34. The van der Waals surface area contributed by atoms with Crippen molar-refractivity contribution in [2.24, 2.45) is 4.99 Å². The molecule has 7 heteroatoms. The van der Waals surface area contributed by atoms with Crippen LogP contribution < -0.4 is 5.32 Å². The molecule has 2 aliphatic rings. The molecule has 0 spiro atoms. The lowest BCUT2D eigenvalue weighted by Gasteiger charge is -2.35. The van der Waals surface area contributed by atoms with Crippen molar-refractivity contribution < 1.29 is 9.50 Å². The third-order valence-electron chi connectivity index (χ3n) is 5.16. The molecule has 2 fully saturated rings. The van der Waals surface area contributed by atoms with Gasteiger partial charge in [-0.3, -0.25) is 9.89 Å². The summed E-state index contributed by atoms with van der Waals surface area (Å²) in [6.45, 7) is 12.1. The Morgan fingerprint density at radius 1 is 1.35 bits per heavy atom. The summed E-state index contributed by atoms with van der Waals surface area (Å²) in [6.07, 6.45) is 3.31. The maximum atomic E-state index is 13.4. The second-order valence-electron chi connectivity index (χ2n) is 7.28. The van der Waals surface area contributed by atoms with Crippen LogP contribution >= 0.6 is 11.6 Å². The minimum Gasteiger partial charge on any atom is -0.389 e. The highest BCUT2D eigenvalue weighted by atomic mass is 35.5. The van der Waals surface area contributed by atoms with Crippen LogP contribution in [-0.2, 0) is 0 Å². The smallest absolute Gasteiger partial charge is 0.140 e. The predicted octanol–water partition coefficient (Wildman–Crippen LogP) is 2.52. The number of piperidine rings is 1. The molecule has 2 unspecified atom stereocenters. The highest BCUT2D eigenvalue weighted by Crippen LogP contribution is 2.17. The van der Waals surface area contributed by atoms with Gasteiger partial charge in [-0.2, -0.15) is 0 Å². The lowest BCUT2D eigenvalue weighted by Crippen LogP contribution is -2.47. The van der Waals surface area contributed by atoms with Gasteiger partial charge in [-0.05, 0) is 51.1 Å². The summed E-state index contributed by atoms with van der Waals surface area (Å²) in [5.74, 6) is 0. The molecule has 5 nitrogen and oxygen atoms in total. The number of aliphatic hydroxyl groups is 1. The minimum atomic E-state index is -1.10. The Morgan fingerprint density at radius 3 is 2.69 bits per heavy atom. The van der Waals surface area contributed by atoms with Crippen LogP contribution in [0.3, 0.4) is 0 Å². The molecule has 2 aliphatic heterocycles. The Labute approximate surface area is 161 Å². The maximum Gasteiger partial charge on any atom is 0.140 e. The van der Waals surface area contributed by atoms with Crippen molar-refractivity contribution in [3.8, 4) is 0 Å². The van der Waals surface area contributed by atoms with Crippen LogP contribution in [0.2, 0.25) is 0 Å². The topological polar surface area (TPSA) is 51.1 Å². The zero-order valence-electron chi connectivity index (χ0n) is 15.9. The van der Waals surface area contributed by atoms with Crippen molar-refractivity contribution in [3.05, 3.63) is 22.5 Å². The molecule has 2 N–H and O–H groups in total. The number of β-amino-alcohol motifs (C(OH)–C–C–N with tert-alkyl or cyclic N) is 1. The van der Waals surface area contributed by atoms with E-state index in [0.29, 0.717) is 24.3 Å². The molecule has 2 heterocycles. The number of hydrogen-bond donors (Lipinski definition) is 2. The van der Waals surface area contributed by atoms with Crippen LogP contribution in [0.1, 0.15) is 33.1 Å². The Balaban J connectivity index is 1.83. The van der Waals surface area contributed by atoms with Gasteiger partial charge in [0.2, 0.25) is 0 Å². The van der Waals surface area contributed by atoms with E-state index in [4.69, 9.17) is 11.6 Å². The first-order valence-electron chi connectivity index (χ1n) is 9.50. The van der Waals surface area contributed by atoms with Gasteiger partial charge in [-0.1, -0.05) is 18.5 Å². The van der Waals surface area contributed by atoms with Crippen molar-refractivity contribution in [2.45, 2.75) is 51.4 Å². The van der Waals surface area contributed by atoms with Gasteiger partial charge in [0.25, 0.3) is 0 Å². The molecule has 0 amide bonds. The van der Waals surface area contributed by atoms with E-state index < -0.39 is 12.3 Å². The standard InChI is InChI=1S/C19H32ClFN4O/c1-4-15(10-14(2)19(20)22-3)23-16-6-5-7-24(11-16)8-9-25-12-17(21)18(26)13-25/h10,16-18,23,26H,3-9,11-13H2,1-2H3/b15-10+,19-14-/t16-,17?,18?/m1/s1. The lowest BCUT2D eigenvalue weighted by atomic mass is 10.0. The fourth-order valence-electron chi connectivity index (χ4n) is 3.62. The number of halogens is 2. The highest BCUT2D eigenvalue weighted by Gasteiger charge is 2.31. The summed E-state index contributed by atoms with van der Waals surface area (Å²) in [7, 11) is 0. The summed E-state index contributed by atoms with van der Waals surface area (Å²) in [4.78, 5) is 8.21. The summed E-state index contributed by atoms with van der Waals surface area (Å²) in [6, 6.07) is 0.399. The number of allylic oxidation sites excluding steroid dienone is 3. The lowest BCUT2D eigenvalue weighted by molar-refractivity contribution is 0.115. The van der Waals surface area contributed by atoms with E-state index in [1.165, 1.54) is 0 Å². The average molecular weight is 387 g/mol. The SMILES string of the molecule is C=N/C(Cl)=C(C)\C=C(/CC)N[C@@H]1CCCN(CCN2CC(O)C(F)C2)C1. The maximum absolute atomic E-state index is 13.4. The second kappa shape index (κ2) is 10.4. The Bertz CT molecular complexity index is 530. The normalized spacial score (nSPS) is 29.6. The van der Waals surface area contributed by atoms with Gasteiger partial charge in [0, 0.05) is 44.5 Å². The van der Waals surface area contributed by atoms with Crippen molar-refractivity contribution in [3.63, 3.8) is 0 Å². The number of nitrogens with zero attached hydrogens (tertiary/aromatic N) is 3. The van der Waals surface area contributed by atoms with Crippen molar-refractivity contribution in [1.82, 2.24) is 15.1 Å². The molecular weight excluding hydrogens is 355 g/mol. The number of hydrogen-bond acceptors (Lipinski definition) is 5. The Kier molecular flexibility index (Phi) is 8.54. The Hall–Kier alpha value is -0.950. The molecule has 3 atom stereocenters. The molecule has 0 aromatic heterocycles. The number of nitrogens with one attached hydrogen (secondary N) is 1. The van der Waals surface area contributed by atoms with Gasteiger partial charge < -0.3 is 15.3 Å². The molecular formula is C19H32ClFN4O. The molecule has 26 heavy (non-hydrogen) atoms. The molecule has 2 rings (SSSR count). The molecule has 0 saturated carbocycles. The van der Waals surface area contributed by atoms with Crippen molar-refractivity contribution in [2.75, 3.05) is 39.3 Å². The fraction of sp³-hybridized carbons (Fsp3) is 0.737. The first-order valence-corrected chi connectivity index (χ1v) is 9.87. The summed E-state index contributed by atoms with van der Waals surface area (Å²) in [5.41, 5.74) is 2.06. The van der Waals surface area contributed by atoms with Crippen molar-refractivity contribution in [1.29, 1.82) is 0 Å². The van der Waals surface area contributed by atoms with Crippen LogP contribution in [0.15, 0.2) is 27.5 Å². The molecule has 0 bridgehead atoms. The zero-order chi connectivity index (χ0) is 19.1. The number of aliphatic imine (C=N–C) groups is 1. The average Bonchev–Trinajstić information content (AvgIpc) is 2.96. The van der Waals surface area contributed by atoms with Gasteiger partial charge in [-0.25, -0.2) is 4.39 Å². The largest absolute Gasteiger partial charge is 0.389 e. The Morgan fingerprint density at radius 2 is 2.08 bits per heavy atom. The van der Waals surface area contributed by atoms with Gasteiger partial charge in [0.1, 0.15) is 11.3 Å². The fourth-order valence-corrected chi connectivity index (χ4v) is 3.67. The number of likely N-dealkylation sites (tertiary alicyclic amines) is 2. The number of rotatable bonds is 8. The quantitative estimate of drug-likeness (QED) is 0.382. The molecule has 0 aliphatic carbocycles. The minimum absolute atomic E-state index is 0.350. The first-order chi connectivity index (χ1) is 12.4. The van der Waals surface area contributed by atoms with Crippen molar-refractivity contribution >= 4 is 18.3 Å². The van der Waals surface area contributed by atoms with Gasteiger partial charge in [0.15, 0.2) is 0 Å². The highest BCUT2D eigenvalue weighted by molar-refractivity contribution is 6.30. The van der Waals surface area contributed by atoms with E-state index in [1.807, 2.05) is 17.9 Å². The van der Waals surface area contributed by atoms with E-state index in [9.17, 15) is 9.50 Å². The van der Waals surface area contributed by atoms with Crippen LogP contribution in [0.4, 0.5) is 4.39 Å². The zero-order valence-corrected chi connectivity index (χ0v) is 16.7. The van der Waals surface area contributed by atoms with E-state index in [-0.39, 0.29) is 0 Å². The second-order valence-corrected chi connectivity index (χ2v) is 7.64. The van der Waals surface area contributed by atoms with E-state index in [0.717, 1.165) is 56.7 Å². The van der Waals surface area contributed by atoms with E-state index in [1.54, 1.807) is 0 Å². The van der Waals surface area contributed by atoms with Crippen LogP contribution in [0, 0.1) is 0 Å². The summed E-state index contributed by atoms with van der Waals surface area (Å²) in [5, 5.41) is 13.6. The molecule has 148 valence electrons. The van der Waals surface area contributed by atoms with Crippen LogP contribution in [0.25, 0.3) is 0 Å². The van der Waals surface area contributed by atoms with E-state index >= 15 is 0 Å². The molecule has 2 saturated heterocycles. The van der Waals surface area contributed by atoms with Gasteiger partial charge >= 0.3 is 0 Å². The number of alkyl halides is 1. The molecule has 0 aromatic carbocycles. The molecule has 0 radical (unpaired) electrons. The van der Waals surface area contributed by atoms with Gasteiger partial charge in [-0.15, -0.1) is 0 Å². The van der Waals surface area contributed by atoms with Crippen LogP contribution in [0.5, 0.6) is 0 Å². The van der Waals surface area contributed by atoms with Crippen LogP contribution in [-0.4, -0.2) is 79.2 Å². The van der Waals surface area contributed by atoms with E-state index in [2.05, 4.69) is 28.9 Å². The third-order valence-corrected chi connectivity index (χ3v) is 5.58. The summed E-state index contributed by atoms with van der Waals surface area (Å²) < 4.78 is 13.4. The first kappa shape index (κ1) is 21.4. The molecule has 0 aromatic rings. The predicted molar refractivity (Wildman–Crippen MR) is 106 cm³/mol. The summed E-state index contributed by atoms with van der Waals surface area (Å²) >= 11 is 6.03. The van der Waals surface area contributed by atoms with Gasteiger partial charge in [0.05, 0.1) is 6.10 Å². The number of aliphatic hydroxyl groups excluding tert-OH is 1.